The maximum Gasteiger partial charge on any atom is 0.314 e. The second-order valence-corrected chi connectivity index (χ2v) is 3.11. The van der Waals surface area contributed by atoms with Crippen molar-refractivity contribution < 1.29 is 9.59 Å². The van der Waals surface area contributed by atoms with Gasteiger partial charge in [0.25, 0.3) is 0 Å². The summed E-state index contributed by atoms with van der Waals surface area (Å²) in [6, 6.07) is 1.56. The standard InChI is InChI=1S/C6H7BrN4O2/c1-11-3(7)2-4(10-11)9-6(13)5(8)12/h2H,1H3,(H2,8,12)(H,9,10,13). The van der Waals surface area contributed by atoms with Crippen molar-refractivity contribution in [3.05, 3.63) is 10.7 Å². The number of nitrogens with two attached hydrogens (primary N) is 1. The predicted octanol–water partition coefficient (Wildman–Crippen LogP) is -0.394. The Morgan fingerprint density at radius 1 is 1.69 bits per heavy atom. The highest BCUT2D eigenvalue weighted by Gasteiger charge is 2.11. The molecular weight excluding hydrogens is 240 g/mol. The molecule has 0 saturated carbocycles. The average molecular weight is 247 g/mol. The summed E-state index contributed by atoms with van der Waals surface area (Å²) in [4.78, 5) is 21.1. The summed E-state index contributed by atoms with van der Waals surface area (Å²) in [6.45, 7) is 0. The molecule has 0 aliphatic rings. The number of carbonyl (C=O) groups is 2. The van der Waals surface area contributed by atoms with E-state index in [1.807, 2.05) is 0 Å². The molecule has 3 N–H and O–H groups in total. The number of hydrogen-bond acceptors (Lipinski definition) is 3. The van der Waals surface area contributed by atoms with Crippen molar-refractivity contribution in [3.8, 4) is 0 Å². The third-order valence-corrected chi connectivity index (χ3v) is 2.03. The lowest BCUT2D eigenvalue weighted by molar-refractivity contribution is -0.134. The van der Waals surface area contributed by atoms with E-state index in [0.717, 1.165) is 0 Å². The van der Waals surface area contributed by atoms with Crippen LogP contribution in [0.3, 0.4) is 0 Å². The number of rotatable bonds is 1. The number of hydrogen-bond donors (Lipinski definition) is 2. The number of aryl methyl sites for hydroxylation is 1. The van der Waals surface area contributed by atoms with Gasteiger partial charge in [0.15, 0.2) is 5.82 Å². The van der Waals surface area contributed by atoms with Gasteiger partial charge < -0.3 is 11.1 Å². The fraction of sp³-hybridized carbons (Fsp3) is 0.167. The number of aromatic nitrogens is 2. The molecule has 2 amide bonds. The monoisotopic (exact) mass is 246 g/mol. The van der Waals surface area contributed by atoms with E-state index >= 15 is 0 Å². The van der Waals surface area contributed by atoms with E-state index < -0.39 is 11.8 Å². The van der Waals surface area contributed by atoms with Crippen LogP contribution in [0.2, 0.25) is 0 Å². The summed E-state index contributed by atoms with van der Waals surface area (Å²) in [5.74, 6) is -1.65. The van der Waals surface area contributed by atoms with Crippen LogP contribution in [0.4, 0.5) is 5.82 Å². The first-order chi connectivity index (χ1) is 6.00. The second kappa shape index (κ2) is 3.56. The van der Waals surface area contributed by atoms with E-state index in [-0.39, 0.29) is 5.82 Å². The minimum atomic E-state index is -1.04. The van der Waals surface area contributed by atoms with Crippen LogP contribution in [-0.2, 0) is 16.6 Å². The molecule has 0 fully saturated rings. The molecule has 1 aromatic heterocycles. The third-order valence-electron chi connectivity index (χ3n) is 1.29. The molecule has 0 radical (unpaired) electrons. The maximum atomic E-state index is 10.8. The molecule has 0 unspecified atom stereocenters. The first kappa shape index (κ1) is 9.72. The largest absolute Gasteiger partial charge is 0.361 e. The Morgan fingerprint density at radius 3 is 2.69 bits per heavy atom. The summed E-state index contributed by atoms with van der Waals surface area (Å²) in [6.07, 6.45) is 0. The van der Waals surface area contributed by atoms with Crippen LogP contribution in [0, 0.1) is 0 Å². The average Bonchev–Trinajstić information content (AvgIpc) is 2.31. The molecule has 0 spiro atoms. The van der Waals surface area contributed by atoms with Gasteiger partial charge >= 0.3 is 11.8 Å². The molecule has 6 nitrogen and oxygen atoms in total. The SMILES string of the molecule is Cn1nc(NC(=O)C(N)=O)cc1Br. The molecule has 13 heavy (non-hydrogen) atoms. The molecule has 0 aliphatic heterocycles. The van der Waals surface area contributed by atoms with Crippen molar-refractivity contribution in [1.82, 2.24) is 9.78 Å². The normalized spacial score (nSPS) is 9.69. The van der Waals surface area contributed by atoms with Crippen LogP contribution in [0.25, 0.3) is 0 Å². The van der Waals surface area contributed by atoms with E-state index in [1.165, 1.54) is 4.68 Å². The van der Waals surface area contributed by atoms with Gasteiger partial charge in [-0.05, 0) is 15.9 Å². The molecule has 1 aromatic rings. The zero-order chi connectivity index (χ0) is 10.0. The van der Waals surface area contributed by atoms with Gasteiger partial charge in [-0.15, -0.1) is 0 Å². The van der Waals surface area contributed by atoms with Crippen molar-refractivity contribution in [3.63, 3.8) is 0 Å². The Kier molecular flexibility index (Phi) is 2.66. The smallest absolute Gasteiger partial charge is 0.314 e. The third kappa shape index (κ3) is 2.28. The highest BCUT2D eigenvalue weighted by molar-refractivity contribution is 9.10. The minimum Gasteiger partial charge on any atom is -0.361 e. The first-order valence-corrected chi connectivity index (χ1v) is 4.10. The zero-order valence-electron chi connectivity index (χ0n) is 6.74. The molecule has 1 heterocycles. The highest BCUT2D eigenvalue weighted by atomic mass is 79.9. The summed E-state index contributed by atoms with van der Waals surface area (Å²) in [7, 11) is 1.68. The number of nitrogens with zero attached hydrogens (tertiary/aromatic N) is 2. The Hall–Kier alpha value is -1.37. The van der Waals surface area contributed by atoms with E-state index in [1.54, 1.807) is 13.1 Å². The van der Waals surface area contributed by atoms with Crippen LogP contribution in [-0.4, -0.2) is 21.6 Å². The topological polar surface area (TPSA) is 90.0 Å². The molecular formula is C6H7BrN4O2. The lowest BCUT2D eigenvalue weighted by atomic mass is 10.5. The minimum absolute atomic E-state index is 0.276. The number of nitrogens with one attached hydrogen (secondary N) is 1. The van der Waals surface area contributed by atoms with Crippen LogP contribution >= 0.6 is 15.9 Å². The quantitative estimate of drug-likeness (QED) is 0.662. The van der Waals surface area contributed by atoms with Crippen molar-refractivity contribution >= 4 is 33.6 Å². The van der Waals surface area contributed by atoms with Gasteiger partial charge in [-0.1, -0.05) is 0 Å². The van der Waals surface area contributed by atoms with Gasteiger partial charge in [0, 0.05) is 13.1 Å². The predicted molar refractivity (Wildman–Crippen MR) is 48.7 cm³/mol. The highest BCUT2D eigenvalue weighted by Crippen LogP contribution is 2.13. The van der Waals surface area contributed by atoms with Crippen LogP contribution in [0.1, 0.15) is 0 Å². The van der Waals surface area contributed by atoms with E-state index in [4.69, 9.17) is 5.73 Å². The Morgan fingerprint density at radius 2 is 2.31 bits per heavy atom. The van der Waals surface area contributed by atoms with E-state index in [9.17, 15) is 9.59 Å². The molecule has 0 aliphatic carbocycles. The summed E-state index contributed by atoms with van der Waals surface area (Å²) in [5, 5.41) is 6.09. The number of halogens is 1. The van der Waals surface area contributed by atoms with Crippen LogP contribution in [0.5, 0.6) is 0 Å². The van der Waals surface area contributed by atoms with Crippen molar-refractivity contribution in [2.24, 2.45) is 12.8 Å². The summed E-state index contributed by atoms with van der Waals surface area (Å²) in [5.41, 5.74) is 4.73. The molecule has 70 valence electrons. The second-order valence-electron chi connectivity index (χ2n) is 2.29. The molecule has 7 heteroatoms. The van der Waals surface area contributed by atoms with Crippen LogP contribution < -0.4 is 11.1 Å². The van der Waals surface area contributed by atoms with Gasteiger partial charge in [0.1, 0.15) is 4.60 Å². The molecule has 0 saturated heterocycles. The molecule has 0 aromatic carbocycles. The summed E-state index contributed by atoms with van der Waals surface area (Å²) >= 11 is 3.18. The van der Waals surface area contributed by atoms with E-state index in [2.05, 4.69) is 26.3 Å². The number of carbonyl (C=O) groups excluding carboxylic acids is 2. The van der Waals surface area contributed by atoms with Crippen molar-refractivity contribution in [2.75, 3.05) is 5.32 Å². The van der Waals surface area contributed by atoms with Gasteiger partial charge in [-0.25, -0.2) is 0 Å². The molecule has 0 bridgehead atoms. The lowest BCUT2D eigenvalue weighted by Gasteiger charge is -1.95. The summed E-state index contributed by atoms with van der Waals surface area (Å²) < 4.78 is 2.18. The molecule has 1 rings (SSSR count). The van der Waals surface area contributed by atoms with Crippen molar-refractivity contribution in [2.45, 2.75) is 0 Å². The van der Waals surface area contributed by atoms with Crippen LogP contribution in [0.15, 0.2) is 10.7 Å². The van der Waals surface area contributed by atoms with Gasteiger partial charge in [0.05, 0.1) is 0 Å². The number of amides is 2. The number of anilines is 1. The van der Waals surface area contributed by atoms with Gasteiger partial charge in [-0.3, -0.25) is 14.3 Å². The maximum absolute atomic E-state index is 10.8. The first-order valence-electron chi connectivity index (χ1n) is 3.31. The zero-order valence-corrected chi connectivity index (χ0v) is 8.33. The Bertz CT molecular complexity index is 340. The van der Waals surface area contributed by atoms with Gasteiger partial charge in [-0.2, -0.15) is 5.10 Å². The van der Waals surface area contributed by atoms with E-state index in [0.29, 0.717) is 4.60 Å². The molecule has 0 atom stereocenters. The Labute approximate surface area is 82.2 Å². The fourth-order valence-electron chi connectivity index (χ4n) is 0.683. The lowest BCUT2D eigenvalue weighted by Crippen LogP contribution is -2.29. The fourth-order valence-corrected chi connectivity index (χ4v) is 0.980. The number of primary amides is 1. The Balaban J connectivity index is 2.75. The van der Waals surface area contributed by atoms with Gasteiger partial charge in [0.2, 0.25) is 0 Å². The van der Waals surface area contributed by atoms with Crippen molar-refractivity contribution in [1.29, 1.82) is 0 Å².